The zero-order chi connectivity index (χ0) is 46.6. The highest BCUT2D eigenvalue weighted by Crippen LogP contribution is 2.23. The minimum Gasteiger partial charge on any atom is -0.394 e. The molecule has 0 radical (unpaired) electrons. The minimum atomic E-state index is -1.58. The summed E-state index contributed by atoms with van der Waals surface area (Å²) < 4.78 is 11.2. The number of unbranched alkanes of at least 4 members (excludes halogenated alkanes) is 26. The second kappa shape index (κ2) is 44.7. The normalized spacial score (nSPS) is 20.5. The number of allylic oxidation sites excluding steroid dienone is 9. The maximum atomic E-state index is 13.0. The van der Waals surface area contributed by atoms with Crippen molar-refractivity contribution in [2.75, 3.05) is 13.2 Å². The van der Waals surface area contributed by atoms with Crippen LogP contribution in [-0.2, 0) is 14.3 Å². The molecule has 9 heteroatoms. The van der Waals surface area contributed by atoms with Gasteiger partial charge in [0, 0.05) is 6.42 Å². The van der Waals surface area contributed by atoms with E-state index in [9.17, 15) is 30.3 Å². The Hall–Kier alpha value is -2.11. The van der Waals surface area contributed by atoms with Gasteiger partial charge in [-0.3, -0.25) is 4.79 Å². The van der Waals surface area contributed by atoms with Crippen molar-refractivity contribution in [3.63, 3.8) is 0 Å². The van der Waals surface area contributed by atoms with Gasteiger partial charge in [0.2, 0.25) is 5.91 Å². The van der Waals surface area contributed by atoms with E-state index >= 15 is 0 Å². The number of rotatable bonds is 44. The zero-order valence-electron chi connectivity index (χ0n) is 41.0. The SMILES string of the molecule is CCCCCC/C=C\C/C=C\CCCCCCCC(=O)NC(COC1OC(CO)C(O)C(O)C1O)C(O)/C=C/CC/C=C/CC/C=C/CCCCCCCCCCCCCCCCC. The largest absolute Gasteiger partial charge is 0.394 e. The molecule has 0 aromatic heterocycles. The molecule has 1 aliphatic rings. The highest BCUT2D eigenvalue weighted by molar-refractivity contribution is 5.76. The Balaban J connectivity index is 2.32. The fourth-order valence-electron chi connectivity index (χ4n) is 8.04. The van der Waals surface area contributed by atoms with Gasteiger partial charge < -0.3 is 40.3 Å². The van der Waals surface area contributed by atoms with Gasteiger partial charge in [-0.15, -0.1) is 0 Å². The Kier molecular flexibility index (Phi) is 41.9. The third-order valence-electron chi connectivity index (χ3n) is 12.3. The number of amides is 1. The summed E-state index contributed by atoms with van der Waals surface area (Å²) in [7, 11) is 0. The molecule has 1 amide bonds. The Morgan fingerprint density at radius 3 is 1.42 bits per heavy atom. The third-order valence-corrected chi connectivity index (χ3v) is 12.3. The molecular formula is C55H99NO8. The van der Waals surface area contributed by atoms with Crippen molar-refractivity contribution in [3.8, 4) is 0 Å². The van der Waals surface area contributed by atoms with Crippen LogP contribution in [0.1, 0.15) is 226 Å². The van der Waals surface area contributed by atoms with Gasteiger partial charge in [-0.2, -0.15) is 0 Å². The number of aliphatic hydroxyl groups excluding tert-OH is 5. The number of nitrogens with one attached hydrogen (secondary N) is 1. The van der Waals surface area contributed by atoms with Gasteiger partial charge in [-0.05, 0) is 77.0 Å². The quantitative estimate of drug-likeness (QED) is 0.0262. The van der Waals surface area contributed by atoms with Crippen LogP contribution in [0.5, 0.6) is 0 Å². The zero-order valence-corrected chi connectivity index (χ0v) is 41.0. The van der Waals surface area contributed by atoms with E-state index in [4.69, 9.17) is 9.47 Å². The number of hydrogen-bond donors (Lipinski definition) is 6. The van der Waals surface area contributed by atoms with E-state index in [1.54, 1.807) is 6.08 Å². The number of carbonyl (C=O) groups excluding carboxylic acids is 1. The molecule has 1 rings (SSSR count). The molecule has 9 nitrogen and oxygen atoms in total. The summed E-state index contributed by atoms with van der Waals surface area (Å²) in [6.45, 7) is 3.73. The number of ether oxygens (including phenoxy) is 2. The lowest BCUT2D eigenvalue weighted by atomic mass is 9.99. The van der Waals surface area contributed by atoms with E-state index in [0.717, 1.165) is 70.6 Å². The van der Waals surface area contributed by atoms with Crippen LogP contribution in [0, 0.1) is 0 Å². The van der Waals surface area contributed by atoms with Gasteiger partial charge >= 0.3 is 0 Å². The van der Waals surface area contributed by atoms with Crippen molar-refractivity contribution < 1.29 is 39.8 Å². The van der Waals surface area contributed by atoms with Crippen molar-refractivity contribution in [2.24, 2.45) is 0 Å². The van der Waals surface area contributed by atoms with Crippen molar-refractivity contribution in [1.29, 1.82) is 0 Å². The fraction of sp³-hybridized carbons (Fsp3) is 0.800. The second-order valence-electron chi connectivity index (χ2n) is 18.3. The summed E-state index contributed by atoms with van der Waals surface area (Å²) in [5.41, 5.74) is 0. The molecule has 0 bridgehead atoms. The number of aliphatic hydroxyl groups is 5. The molecular weight excluding hydrogens is 803 g/mol. The Bertz CT molecular complexity index is 1180. The molecule has 1 aliphatic heterocycles. The van der Waals surface area contributed by atoms with E-state index in [0.29, 0.717) is 6.42 Å². The molecule has 0 aromatic carbocycles. The molecule has 0 saturated carbocycles. The van der Waals surface area contributed by atoms with Gasteiger partial charge in [0.15, 0.2) is 6.29 Å². The molecule has 0 aromatic rings. The standard InChI is InChI=1S/C55H99NO8/c1-3-5-7-9-11-13-15-17-19-21-22-23-24-25-26-27-28-29-30-32-34-36-38-40-42-44-49(58)48(47-63-55-54(62)53(61)52(60)50(46-57)64-55)56-51(59)45-43-41-39-37-35-33-31-20-18-16-14-12-10-8-6-4-2/h14,16,20,28-29,31,34,36,42,44,48-50,52-55,57-58,60-62H,3-13,15,17-19,21-27,30,32-33,35,37-41,43,45-47H2,1-2H3,(H,56,59)/b16-14-,29-28+,31-20-,36-34+,44-42+. The summed E-state index contributed by atoms with van der Waals surface area (Å²) in [4.78, 5) is 13.0. The van der Waals surface area contributed by atoms with Crippen LogP contribution in [0.2, 0.25) is 0 Å². The van der Waals surface area contributed by atoms with Crippen LogP contribution >= 0.6 is 0 Å². The van der Waals surface area contributed by atoms with Crippen molar-refractivity contribution >= 4 is 5.91 Å². The van der Waals surface area contributed by atoms with Crippen LogP contribution in [0.15, 0.2) is 60.8 Å². The van der Waals surface area contributed by atoms with E-state index in [1.165, 1.54) is 135 Å². The van der Waals surface area contributed by atoms with Crippen LogP contribution in [0.25, 0.3) is 0 Å². The first kappa shape index (κ1) is 59.9. The van der Waals surface area contributed by atoms with Crippen molar-refractivity contribution in [1.82, 2.24) is 5.32 Å². The van der Waals surface area contributed by atoms with Gasteiger partial charge in [0.25, 0.3) is 0 Å². The third kappa shape index (κ3) is 34.2. The molecule has 6 N–H and O–H groups in total. The molecule has 7 unspecified atom stereocenters. The second-order valence-corrected chi connectivity index (χ2v) is 18.3. The number of hydrogen-bond acceptors (Lipinski definition) is 8. The summed E-state index contributed by atoms with van der Waals surface area (Å²) in [6.07, 6.45) is 52.8. The van der Waals surface area contributed by atoms with Gasteiger partial charge in [0.05, 0.1) is 25.4 Å². The van der Waals surface area contributed by atoms with E-state index in [2.05, 4.69) is 67.8 Å². The summed E-state index contributed by atoms with van der Waals surface area (Å²) >= 11 is 0. The Morgan fingerprint density at radius 2 is 0.938 bits per heavy atom. The summed E-state index contributed by atoms with van der Waals surface area (Å²) in [6, 6.07) is -0.837. The Morgan fingerprint density at radius 1 is 0.531 bits per heavy atom. The predicted octanol–water partition coefficient (Wildman–Crippen LogP) is 12.3. The van der Waals surface area contributed by atoms with Crippen LogP contribution in [0.4, 0.5) is 0 Å². The molecule has 0 aliphatic carbocycles. The lowest BCUT2D eigenvalue weighted by Crippen LogP contribution is -2.60. The molecule has 1 saturated heterocycles. The van der Waals surface area contributed by atoms with Crippen molar-refractivity contribution in [3.05, 3.63) is 60.8 Å². The molecule has 7 atom stereocenters. The molecule has 372 valence electrons. The predicted molar refractivity (Wildman–Crippen MR) is 267 cm³/mol. The topological polar surface area (TPSA) is 149 Å². The van der Waals surface area contributed by atoms with Crippen LogP contribution in [0.3, 0.4) is 0 Å². The fourth-order valence-corrected chi connectivity index (χ4v) is 8.04. The highest BCUT2D eigenvalue weighted by Gasteiger charge is 2.44. The highest BCUT2D eigenvalue weighted by atomic mass is 16.7. The average Bonchev–Trinajstić information content (AvgIpc) is 3.29. The first-order valence-electron chi connectivity index (χ1n) is 26.5. The number of carbonyl (C=O) groups is 1. The summed E-state index contributed by atoms with van der Waals surface area (Å²) in [5.74, 6) is -0.206. The van der Waals surface area contributed by atoms with Crippen molar-refractivity contribution in [2.45, 2.75) is 269 Å². The van der Waals surface area contributed by atoms with E-state index < -0.39 is 49.5 Å². The van der Waals surface area contributed by atoms with Gasteiger partial charge in [-0.25, -0.2) is 0 Å². The van der Waals surface area contributed by atoms with E-state index in [-0.39, 0.29) is 12.5 Å². The molecule has 0 spiro atoms. The van der Waals surface area contributed by atoms with E-state index in [1.807, 2.05) is 6.08 Å². The Labute approximate surface area is 392 Å². The van der Waals surface area contributed by atoms with Gasteiger partial charge in [0.1, 0.15) is 24.4 Å². The smallest absolute Gasteiger partial charge is 0.220 e. The maximum absolute atomic E-state index is 13.0. The first-order valence-corrected chi connectivity index (χ1v) is 26.5. The van der Waals surface area contributed by atoms with Gasteiger partial charge in [-0.1, -0.05) is 203 Å². The molecule has 64 heavy (non-hydrogen) atoms. The molecule has 1 heterocycles. The summed E-state index contributed by atoms with van der Waals surface area (Å²) in [5, 5.41) is 54.3. The molecule has 1 fully saturated rings. The average molecular weight is 902 g/mol. The van der Waals surface area contributed by atoms with Crippen LogP contribution < -0.4 is 5.32 Å². The lowest BCUT2D eigenvalue weighted by molar-refractivity contribution is -0.302. The monoisotopic (exact) mass is 902 g/mol. The van der Waals surface area contributed by atoms with Crippen LogP contribution in [-0.4, -0.2) is 87.5 Å². The minimum absolute atomic E-state index is 0.206. The maximum Gasteiger partial charge on any atom is 0.220 e. The lowest BCUT2D eigenvalue weighted by Gasteiger charge is -2.40. The first-order chi connectivity index (χ1) is 31.3.